The summed E-state index contributed by atoms with van der Waals surface area (Å²) in [5.41, 5.74) is 1.38. The maximum atomic E-state index is 4.23. The molecule has 1 saturated carbocycles. The number of allylic oxidation sites excluding steroid dienone is 2. The molecule has 1 saturated heterocycles. The Morgan fingerprint density at radius 3 is 2.57 bits per heavy atom. The minimum absolute atomic E-state index is 0.920. The zero-order chi connectivity index (χ0) is 14.1. The van der Waals surface area contributed by atoms with Crippen LogP contribution < -0.4 is 9.80 Å². The first-order chi connectivity index (χ1) is 10.4. The normalized spacial score (nSPS) is 38.0. The monoisotopic (exact) mass is 285 g/mol. The summed E-state index contributed by atoms with van der Waals surface area (Å²) in [6.07, 6.45) is 11.8. The van der Waals surface area contributed by atoms with Gasteiger partial charge in [-0.25, -0.2) is 0 Å². The fourth-order valence-electron chi connectivity index (χ4n) is 4.63. The molecule has 3 nitrogen and oxygen atoms in total. The molecule has 3 aliphatic rings. The molecule has 0 aromatic carbocycles. The van der Waals surface area contributed by atoms with Gasteiger partial charge in [0.15, 0.2) is 0 Å². The van der Waals surface area contributed by atoms with Gasteiger partial charge in [0.25, 0.3) is 0 Å². The molecule has 0 unspecified atom stereocenters. The third-order valence-electron chi connectivity index (χ3n) is 5.81. The van der Waals surface area contributed by atoms with Crippen molar-refractivity contribution in [1.82, 2.24) is 4.98 Å². The number of quaternary nitrogens is 2. The molecule has 1 aromatic rings. The van der Waals surface area contributed by atoms with Gasteiger partial charge < -0.3 is 9.80 Å². The second kappa shape index (κ2) is 5.90. The Morgan fingerprint density at radius 2 is 1.90 bits per heavy atom. The molecule has 21 heavy (non-hydrogen) atoms. The van der Waals surface area contributed by atoms with E-state index in [9.17, 15) is 0 Å². The first-order valence-corrected chi connectivity index (χ1v) is 8.61. The van der Waals surface area contributed by atoms with E-state index in [0.717, 1.165) is 24.3 Å². The summed E-state index contributed by atoms with van der Waals surface area (Å²) in [4.78, 5) is 7.82. The Labute approximate surface area is 127 Å². The minimum atomic E-state index is 0.920. The van der Waals surface area contributed by atoms with E-state index in [1.54, 1.807) is 4.90 Å². The van der Waals surface area contributed by atoms with Crippen LogP contribution in [0, 0.1) is 17.8 Å². The van der Waals surface area contributed by atoms with Crippen LogP contribution in [0.2, 0.25) is 0 Å². The zero-order valence-electron chi connectivity index (χ0n) is 12.8. The number of pyridine rings is 1. The topological polar surface area (TPSA) is 21.8 Å². The minimum Gasteiger partial charge on any atom is -0.325 e. The standard InChI is InChI=1S/C18H25N3/c1-2-16(12-19-5-1)13-20-6-8-21(9-7-20)14-18-11-15-3-4-17(18)10-15/h1-5,12,15,17-18H,6-11,13-14H2/p+2/t15-,17-,18-/m0/s1. The first-order valence-electron chi connectivity index (χ1n) is 8.61. The number of hydrogen-bond donors (Lipinski definition) is 2. The number of fused-ring (bicyclic) bond motifs is 2. The Bertz CT molecular complexity index is 490. The van der Waals surface area contributed by atoms with E-state index in [1.807, 2.05) is 17.3 Å². The predicted molar refractivity (Wildman–Crippen MR) is 83.0 cm³/mol. The average Bonchev–Trinajstić information content (AvgIpc) is 3.13. The van der Waals surface area contributed by atoms with Gasteiger partial charge in [0, 0.05) is 23.9 Å². The molecule has 0 radical (unpaired) electrons. The van der Waals surface area contributed by atoms with Gasteiger partial charge in [-0.3, -0.25) is 4.98 Å². The Balaban J connectivity index is 1.24. The summed E-state index contributed by atoms with van der Waals surface area (Å²) in [6, 6.07) is 4.26. The van der Waals surface area contributed by atoms with E-state index in [0.29, 0.717) is 0 Å². The van der Waals surface area contributed by atoms with Crippen LogP contribution in [0.25, 0.3) is 0 Å². The molecular formula is C18H27N3+2. The molecule has 2 fully saturated rings. The van der Waals surface area contributed by atoms with Crippen molar-refractivity contribution in [3.63, 3.8) is 0 Å². The van der Waals surface area contributed by atoms with Gasteiger partial charge >= 0.3 is 0 Å². The molecular weight excluding hydrogens is 258 g/mol. The lowest BCUT2D eigenvalue weighted by atomic mass is 9.93. The van der Waals surface area contributed by atoms with Crippen molar-refractivity contribution in [3.8, 4) is 0 Å². The Hall–Kier alpha value is -1.19. The summed E-state index contributed by atoms with van der Waals surface area (Å²) in [5, 5.41) is 0. The van der Waals surface area contributed by atoms with Crippen molar-refractivity contribution in [2.75, 3.05) is 32.7 Å². The lowest BCUT2D eigenvalue weighted by Crippen LogP contribution is -3.27. The van der Waals surface area contributed by atoms with Crippen LogP contribution in [-0.2, 0) is 6.54 Å². The van der Waals surface area contributed by atoms with Crippen LogP contribution in [0.15, 0.2) is 36.7 Å². The highest BCUT2D eigenvalue weighted by Gasteiger charge is 2.38. The number of hydrogen-bond acceptors (Lipinski definition) is 1. The van der Waals surface area contributed by atoms with Gasteiger partial charge in [-0.1, -0.05) is 18.2 Å². The van der Waals surface area contributed by atoms with E-state index >= 15 is 0 Å². The summed E-state index contributed by atoms with van der Waals surface area (Å²) in [7, 11) is 0. The van der Waals surface area contributed by atoms with Crippen molar-refractivity contribution in [2.24, 2.45) is 17.8 Å². The summed E-state index contributed by atoms with van der Waals surface area (Å²) >= 11 is 0. The lowest BCUT2D eigenvalue weighted by Gasteiger charge is -2.32. The summed E-state index contributed by atoms with van der Waals surface area (Å²) in [6.45, 7) is 7.92. The highest BCUT2D eigenvalue weighted by molar-refractivity contribution is 5.10. The first kappa shape index (κ1) is 13.5. The van der Waals surface area contributed by atoms with E-state index < -0.39 is 0 Å². The molecule has 2 N–H and O–H groups in total. The third kappa shape index (κ3) is 3.04. The second-order valence-electron chi connectivity index (χ2n) is 7.28. The van der Waals surface area contributed by atoms with E-state index in [2.05, 4.69) is 29.3 Å². The van der Waals surface area contributed by atoms with Crippen LogP contribution >= 0.6 is 0 Å². The Morgan fingerprint density at radius 1 is 1.05 bits per heavy atom. The molecule has 1 aromatic heterocycles. The Kier molecular flexibility index (Phi) is 3.78. The van der Waals surface area contributed by atoms with Crippen LogP contribution in [-0.4, -0.2) is 37.7 Å². The van der Waals surface area contributed by atoms with Gasteiger partial charge in [-0.2, -0.15) is 0 Å². The van der Waals surface area contributed by atoms with Crippen LogP contribution in [0.3, 0.4) is 0 Å². The van der Waals surface area contributed by atoms with E-state index in [4.69, 9.17) is 0 Å². The van der Waals surface area contributed by atoms with Crippen LogP contribution in [0.4, 0.5) is 0 Å². The molecule has 2 bridgehead atoms. The van der Waals surface area contributed by atoms with Crippen molar-refractivity contribution in [3.05, 3.63) is 42.2 Å². The molecule has 2 heterocycles. The summed E-state index contributed by atoms with van der Waals surface area (Å²) < 4.78 is 0. The van der Waals surface area contributed by atoms with Crippen molar-refractivity contribution in [2.45, 2.75) is 19.4 Å². The van der Waals surface area contributed by atoms with Gasteiger partial charge in [0.05, 0.1) is 6.54 Å². The molecule has 1 aliphatic heterocycles. The summed E-state index contributed by atoms with van der Waals surface area (Å²) in [5.74, 6) is 2.83. The van der Waals surface area contributed by atoms with Crippen LogP contribution in [0.1, 0.15) is 18.4 Å². The lowest BCUT2D eigenvalue weighted by molar-refractivity contribution is -1.02. The highest BCUT2D eigenvalue weighted by atomic mass is 15.3. The van der Waals surface area contributed by atoms with Gasteiger partial charge in [-0.05, 0) is 30.7 Å². The SMILES string of the molecule is C1=C[C@H]2C[C@H]1C[C@H]2C[NH+]1CC[NH+](Cc2cccnc2)CC1. The van der Waals surface area contributed by atoms with Crippen molar-refractivity contribution in [1.29, 1.82) is 0 Å². The molecule has 3 heteroatoms. The fraction of sp³-hybridized carbons (Fsp3) is 0.611. The molecule has 4 rings (SSSR count). The van der Waals surface area contributed by atoms with Crippen molar-refractivity contribution >= 4 is 0 Å². The predicted octanol–water partition coefficient (Wildman–Crippen LogP) is -0.423. The fourth-order valence-corrected chi connectivity index (χ4v) is 4.63. The maximum absolute atomic E-state index is 4.23. The van der Waals surface area contributed by atoms with Crippen LogP contribution in [0.5, 0.6) is 0 Å². The van der Waals surface area contributed by atoms with Gasteiger partial charge in [-0.15, -0.1) is 0 Å². The number of nitrogens with one attached hydrogen (secondary N) is 2. The van der Waals surface area contributed by atoms with Gasteiger partial charge in [0.1, 0.15) is 32.7 Å². The maximum Gasteiger partial charge on any atom is 0.127 e. The quantitative estimate of drug-likeness (QED) is 0.721. The molecule has 112 valence electrons. The highest BCUT2D eigenvalue weighted by Crippen LogP contribution is 2.42. The number of nitrogens with zero attached hydrogens (tertiary/aromatic N) is 1. The molecule has 0 spiro atoms. The number of piperazine rings is 1. The molecule has 0 amide bonds. The molecule has 2 aliphatic carbocycles. The van der Waals surface area contributed by atoms with Gasteiger partial charge in [0.2, 0.25) is 0 Å². The zero-order valence-corrected chi connectivity index (χ0v) is 12.8. The smallest absolute Gasteiger partial charge is 0.127 e. The largest absolute Gasteiger partial charge is 0.325 e. The third-order valence-corrected chi connectivity index (χ3v) is 5.81. The second-order valence-corrected chi connectivity index (χ2v) is 7.28. The van der Waals surface area contributed by atoms with E-state index in [-0.39, 0.29) is 0 Å². The molecule has 3 atom stereocenters. The van der Waals surface area contributed by atoms with Crippen molar-refractivity contribution < 1.29 is 9.80 Å². The number of rotatable bonds is 4. The van der Waals surface area contributed by atoms with E-state index in [1.165, 1.54) is 51.1 Å². The average molecular weight is 285 g/mol. The number of aromatic nitrogens is 1.